The first-order valence-corrected chi connectivity index (χ1v) is 7.88. The van der Waals surface area contributed by atoms with Crippen molar-refractivity contribution in [3.8, 4) is 11.8 Å². The Morgan fingerprint density at radius 1 is 1.57 bits per heavy atom. The van der Waals surface area contributed by atoms with Crippen molar-refractivity contribution in [1.82, 2.24) is 0 Å². The fourth-order valence-corrected chi connectivity index (χ4v) is 3.34. The summed E-state index contributed by atoms with van der Waals surface area (Å²) in [7, 11) is 0. The fraction of sp³-hybridized carbons (Fsp3) is 0.438. The summed E-state index contributed by atoms with van der Waals surface area (Å²) in [5.74, 6) is 5.76. The molecule has 21 heavy (non-hydrogen) atoms. The van der Waals surface area contributed by atoms with Gasteiger partial charge in [-0.3, -0.25) is 4.79 Å². The summed E-state index contributed by atoms with van der Waals surface area (Å²) < 4.78 is 13.5. The van der Waals surface area contributed by atoms with Gasteiger partial charge in [0, 0.05) is 12.1 Å². The topological polar surface area (TPSA) is 49.3 Å². The summed E-state index contributed by atoms with van der Waals surface area (Å²) in [6, 6.07) is 4.47. The van der Waals surface area contributed by atoms with Gasteiger partial charge in [0.2, 0.25) is 5.91 Å². The van der Waals surface area contributed by atoms with Gasteiger partial charge in [-0.25, -0.2) is 4.39 Å². The summed E-state index contributed by atoms with van der Waals surface area (Å²) in [6.07, 6.45) is 2.19. The highest BCUT2D eigenvalue weighted by molar-refractivity contribution is 8.01. The number of hydrogen-bond donors (Lipinski definition) is 2. The molecule has 1 saturated heterocycles. The zero-order chi connectivity index (χ0) is 15.3. The van der Waals surface area contributed by atoms with E-state index in [2.05, 4.69) is 17.2 Å². The third-order valence-electron chi connectivity index (χ3n) is 3.39. The molecular formula is C16H18FNO2S. The van der Waals surface area contributed by atoms with Crippen molar-refractivity contribution in [3.05, 3.63) is 29.6 Å². The van der Waals surface area contributed by atoms with E-state index in [1.807, 2.05) is 6.92 Å². The third-order valence-corrected chi connectivity index (χ3v) is 4.91. The molecule has 1 aromatic rings. The lowest BCUT2D eigenvalue weighted by Gasteiger charge is -2.21. The van der Waals surface area contributed by atoms with E-state index in [0.717, 1.165) is 18.6 Å². The molecule has 5 heteroatoms. The highest BCUT2D eigenvalue weighted by Gasteiger charge is 2.37. The van der Waals surface area contributed by atoms with E-state index in [1.54, 1.807) is 23.9 Å². The highest BCUT2D eigenvalue weighted by atomic mass is 32.2. The highest BCUT2D eigenvalue weighted by Crippen LogP contribution is 2.38. The van der Waals surface area contributed by atoms with Crippen LogP contribution >= 0.6 is 11.8 Å². The number of anilines is 1. The molecule has 2 N–H and O–H groups in total. The van der Waals surface area contributed by atoms with Gasteiger partial charge in [0.15, 0.2) is 0 Å². The fourth-order valence-electron chi connectivity index (χ4n) is 2.13. The molecule has 2 rings (SSSR count). The molecule has 112 valence electrons. The van der Waals surface area contributed by atoms with Gasteiger partial charge in [0.05, 0.1) is 16.9 Å². The van der Waals surface area contributed by atoms with Crippen molar-refractivity contribution in [2.75, 3.05) is 17.7 Å². The lowest BCUT2D eigenvalue weighted by Crippen LogP contribution is -2.34. The van der Waals surface area contributed by atoms with Gasteiger partial charge in [-0.15, -0.1) is 11.8 Å². The predicted octanol–water partition coefficient (Wildman–Crippen LogP) is 2.78. The standard InChI is InChI=1S/C16H18FNO2S/c1-16(8-4-10-21-16)15(20)18-13-7-6-12(14(17)11-13)5-2-3-9-19/h6-7,11,19H,3-4,8-10H2,1H3,(H,18,20). The van der Waals surface area contributed by atoms with Crippen molar-refractivity contribution in [1.29, 1.82) is 0 Å². The van der Waals surface area contributed by atoms with Gasteiger partial charge >= 0.3 is 0 Å². The Labute approximate surface area is 128 Å². The quantitative estimate of drug-likeness (QED) is 0.844. The first kappa shape index (κ1) is 15.9. The molecule has 0 aromatic heterocycles. The van der Waals surface area contributed by atoms with E-state index in [9.17, 15) is 9.18 Å². The van der Waals surface area contributed by atoms with Crippen molar-refractivity contribution in [2.24, 2.45) is 0 Å². The molecule has 1 atom stereocenters. The van der Waals surface area contributed by atoms with Crippen molar-refractivity contribution >= 4 is 23.4 Å². The molecule has 0 saturated carbocycles. The SMILES string of the molecule is CC1(C(=O)Nc2ccc(C#CCCO)c(F)c2)CCCS1. The zero-order valence-electron chi connectivity index (χ0n) is 11.9. The average Bonchev–Trinajstić information content (AvgIpc) is 2.90. The number of nitrogens with one attached hydrogen (secondary N) is 1. The van der Waals surface area contributed by atoms with E-state index in [-0.39, 0.29) is 18.1 Å². The van der Waals surface area contributed by atoms with Gasteiger partial charge in [-0.05, 0) is 43.7 Å². The second-order valence-corrected chi connectivity index (χ2v) is 6.70. The Kier molecular flexibility index (Phi) is 5.27. The van der Waals surface area contributed by atoms with E-state index < -0.39 is 10.6 Å². The molecule has 0 radical (unpaired) electrons. The summed E-state index contributed by atoms with van der Waals surface area (Å²) in [5, 5.41) is 11.4. The maximum atomic E-state index is 13.9. The van der Waals surface area contributed by atoms with E-state index >= 15 is 0 Å². The molecule has 1 amide bonds. The monoisotopic (exact) mass is 307 g/mol. The first-order valence-electron chi connectivity index (χ1n) is 6.90. The van der Waals surface area contributed by atoms with Crippen molar-refractivity contribution < 1.29 is 14.3 Å². The number of hydrogen-bond acceptors (Lipinski definition) is 3. The van der Waals surface area contributed by atoms with Crippen LogP contribution in [0.3, 0.4) is 0 Å². The number of aliphatic hydroxyl groups excluding tert-OH is 1. The number of amides is 1. The zero-order valence-corrected chi connectivity index (χ0v) is 12.7. The minimum Gasteiger partial charge on any atom is -0.395 e. The Hall–Kier alpha value is -1.51. The van der Waals surface area contributed by atoms with Gasteiger partial charge in [0.1, 0.15) is 5.82 Å². The normalized spacial score (nSPS) is 20.7. The molecule has 1 aliphatic rings. The number of rotatable bonds is 3. The maximum Gasteiger partial charge on any atom is 0.240 e. The first-order chi connectivity index (χ1) is 10.0. The van der Waals surface area contributed by atoms with E-state index in [0.29, 0.717) is 12.1 Å². The summed E-state index contributed by atoms with van der Waals surface area (Å²) >= 11 is 1.64. The summed E-state index contributed by atoms with van der Waals surface area (Å²) in [4.78, 5) is 12.2. The predicted molar refractivity (Wildman–Crippen MR) is 83.7 cm³/mol. The van der Waals surface area contributed by atoms with Crippen LogP contribution in [0.4, 0.5) is 10.1 Å². The van der Waals surface area contributed by atoms with Gasteiger partial charge in [-0.1, -0.05) is 11.8 Å². The van der Waals surface area contributed by atoms with Crippen LogP contribution in [0.2, 0.25) is 0 Å². The number of halogens is 1. The van der Waals surface area contributed by atoms with Gasteiger partial charge in [0.25, 0.3) is 0 Å². The van der Waals surface area contributed by atoms with Crippen LogP contribution in [0.1, 0.15) is 31.7 Å². The lowest BCUT2D eigenvalue weighted by molar-refractivity contribution is -0.118. The summed E-state index contributed by atoms with van der Waals surface area (Å²) in [6.45, 7) is 1.88. The Bertz CT molecular complexity index is 586. The lowest BCUT2D eigenvalue weighted by atomic mass is 10.0. The summed E-state index contributed by atoms with van der Waals surface area (Å²) in [5.41, 5.74) is 0.710. The molecule has 0 bridgehead atoms. The minimum absolute atomic E-state index is 0.0426. The van der Waals surface area contributed by atoms with Crippen LogP contribution < -0.4 is 5.32 Å². The van der Waals surface area contributed by atoms with Crippen LogP contribution in [-0.4, -0.2) is 28.1 Å². The van der Waals surface area contributed by atoms with Crippen molar-refractivity contribution in [2.45, 2.75) is 30.9 Å². The van der Waals surface area contributed by atoms with Crippen LogP contribution in [-0.2, 0) is 4.79 Å². The average molecular weight is 307 g/mol. The maximum absolute atomic E-state index is 13.9. The Morgan fingerprint density at radius 2 is 2.38 bits per heavy atom. The Morgan fingerprint density at radius 3 is 3.00 bits per heavy atom. The molecule has 3 nitrogen and oxygen atoms in total. The molecule has 0 spiro atoms. The smallest absolute Gasteiger partial charge is 0.240 e. The molecular weight excluding hydrogens is 289 g/mol. The molecule has 1 aliphatic heterocycles. The van der Waals surface area contributed by atoms with Crippen LogP contribution in [0.5, 0.6) is 0 Å². The number of carbonyl (C=O) groups is 1. The van der Waals surface area contributed by atoms with Gasteiger partial charge in [-0.2, -0.15) is 0 Å². The second kappa shape index (κ2) is 6.97. The number of thioether (sulfide) groups is 1. The van der Waals surface area contributed by atoms with Gasteiger partial charge < -0.3 is 10.4 Å². The Balaban J connectivity index is 2.07. The van der Waals surface area contributed by atoms with Crippen LogP contribution in [0.25, 0.3) is 0 Å². The van der Waals surface area contributed by atoms with Crippen LogP contribution in [0.15, 0.2) is 18.2 Å². The second-order valence-electron chi connectivity index (χ2n) is 5.11. The molecule has 1 unspecified atom stereocenters. The van der Waals surface area contributed by atoms with Crippen LogP contribution in [0, 0.1) is 17.7 Å². The largest absolute Gasteiger partial charge is 0.395 e. The minimum atomic E-state index is -0.470. The number of benzene rings is 1. The molecule has 0 aliphatic carbocycles. The molecule has 1 heterocycles. The molecule has 1 fully saturated rings. The third kappa shape index (κ3) is 3.99. The molecule has 1 aromatic carbocycles. The number of aliphatic hydroxyl groups is 1. The number of carbonyl (C=O) groups excluding carboxylic acids is 1. The van der Waals surface area contributed by atoms with E-state index in [4.69, 9.17) is 5.11 Å². The van der Waals surface area contributed by atoms with E-state index in [1.165, 1.54) is 6.07 Å². The van der Waals surface area contributed by atoms with Crippen molar-refractivity contribution in [3.63, 3.8) is 0 Å².